The number of fused-ring (bicyclic) bond motifs is 1. The van der Waals surface area contributed by atoms with Gasteiger partial charge in [-0.1, -0.05) is 23.4 Å². The number of carbonyl (C=O) groups is 1. The molecule has 1 N–H and O–H groups in total. The molecule has 6 nitrogen and oxygen atoms in total. The minimum absolute atomic E-state index is 0.0606. The molecule has 0 saturated carbocycles. The van der Waals surface area contributed by atoms with Crippen LogP contribution in [0, 0.1) is 6.92 Å². The Balaban J connectivity index is 1.51. The number of aryl methyl sites for hydroxylation is 1. The van der Waals surface area contributed by atoms with Gasteiger partial charge in [0.1, 0.15) is 0 Å². The Bertz CT molecular complexity index is 1000. The number of aromatic amines is 1. The first-order chi connectivity index (χ1) is 11.7. The highest BCUT2D eigenvalue weighted by Gasteiger charge is 2.18. The molecular weight excluding hydrogens is 326 g/mol. The highest BCUT2D eigenvalue weighted by Crippen LogP contribution is 2.23. The summed E-state index contributed by atoms with van der Waals surface area (Å²) < 4.78 is 10.5. The van der Waals surface area contributed by atoms with Gasteiger partial charge in [0, 0.05) is 27.5 Å². The molecule has 0 spiro atoms. The number of rotatable bonds is 4. The maximum absolute atomic E-state index is 12.4. The predicted molar refractivity (Wildman–Crippen MR) is 89.8 cm³/mol. The molecule has 7 heteroatoms. The van der Waals surface area contributed by atoms with E-state index in [0.717, 1.165) is 22.2 Å². The highest BCUT2D eigenvalue weighted by atomic mass is 32.1. The van der Waals surface area contributed by atoms with E-state index in [-0.39, 0.29) is 12.5 Å². The van der Waals surface area contributed by atoms with Crippen molar-refractivity contribution in [3.63, 3.8) is 0 Å². The van der Waals surface area contributed by atoms with Gasteiger partial charge in [0.2, 0.25) is 5.82 Å². The van der Waals surface area contributed by atoms with Crippen molar-refractivity contribution in [1.82, 2.24) is 15.1 Å². The number of thiophene rings is 1. The number of hydrogen-bond donors (Lipinski definition) is 1. The van der Waals surface area contributed by atoms with E-state index in [1.807, 2.05) is 48.0 Å². The van der Waals surface area contributed by atoms with E-state index in [9.17, 15) is 4.79 Å². The van der Waals surface area contributed by atoms with Crippen molar-refractivity contribution < 1.29 is 14.1 Å². The lowest BCUT2D eigenvalue weighted by Crippen LogP contribution is -2.06. The topological polar surface area (TPSA) is 81.0 Å². The molecule has 0 bridgehead atoms. The van der Waals surface area contributed by atoms with E-state index in [1.165, 1.54) is 0 Å². The molecule has 0 saturated heterocycles. The smallest absolute Gasteiger partial charge is 0.341 e. The fourth-order valence-corrected chi connectivity index (χ4v) is 3.20. The maximum Gasteiger partial charge on any atom is 0.341 e. The first-order valence-corrected chi connectivity index (χ1v) is 8.26. The van der Waals surface area contributed by atoms with Crippen LogP contribution < -0.4 is 0 Å². The average Bonchev–Trinajstić information content (AvgIpc) is 3.31. The van der Waals surface area contributed by atoms with E-state index < -0.39 is 5.97 Å². The molecule has 3 aromatic heterocycles. The van der Waals surface area contributed by atoms with Crippen molar-refractivity contribution in [2.75, 3.05) is 0 Å². The number of benzene rings is 1. The van der Waals surface area contributed by atoms with Crippen LogP contribution in [0.15, 0.2) is 45.6 Å². The Hall–Kier alpha value is -2.93. The van der Waals surface area contributed by atoms with Crippen LogP contribution in [-0.2, 0) is 11.3 Å². The average molecular weight is 339 g/mol. The van der Waals surface area contributed by atoms with E-state index in [0.29, 0.717) is 11.4 Å². The standard InChI is InChI=1S/C17H13N3O3S/c1-10-15(12-4-2-3-5-13(12)18-10)17(21)22-8-14-19-16(20-23-14)11-6-7-24-9-11/h2-7,9,18H,8H2,1H3. The van der Waals surface area contributed by atoms with Crippen LogP contribution in [0.2, 0.25) is 0 Å². The van der Waals surface area contributed by atoms with E-state index in [2.05, 4.69) is 15.1 Å². The summed E-state index contributed by atoms with van der Waals surface area (Å²) in [5, 5.41) is 8.59. The number of esters is 1. The van der Waals surface area contributed by atoms with Crippen molar-refractivity contribution in [2.24, 2.45) is 0 Å². The second-order valence-corrected chi connectivity index (χ2v) is 6.05. The van der Waals surface area contributed by atoms with Gasteiger partial charge in [0.25, 0.3) is 5.89 Å². The molecule has 0 aliphatic carbocycles. The minimum Gasteiger partial charge on any atom is -0.452 e. The van der Waals surface area contributed by atoms with Gasteiger partial charge in [-0.2, -0.15) is 16.3 Å². The van der Waals surface area contributed by atoms with Crippen molar-refractivity contribution >= 4 is 28.2 Å². The number of H-pyrrole nitrogens is 1. The van der Waals surface area contributed by atoms with Crippen LogP contribution in [0.1, 0.15) is 21.9 Å². The van der Waals surface area contributed by atoms with Gasteiger partial charge in [0.05, 0.1) is 5.56 Å². The lowest BCUT2D eigenvalue weighted by molar-refractivity contribution is 0.0431. The molecule has 0 unspecified atom stereocenters. The zero-order valence-corrected chi connectivity index (χ0v) is 13.6. The molecule has 0 fully saturated rings. The van der Waals surface area contributed by atoms with Gasteiger partial charge in [-0.3, -0.25) is 0 Å². The third-order valence-corrected chi connectivity index (χ3v) is 4.36. The molecule has 4 rings (SSSR count). The van der Waals surface area contributed by atoms with Crippen molar-refractivity contribution in [1.29, 1.82) is 0 Å². The van der Waals surface area contributed by atoms with Crippen molar-refractivity contribution in [3.05, 3.63) is 58.2 Å². The number of nitrogens with zero attached hydrogens (tertiary/aromatic N) is 2. The second kappa shape index (κ2) is 5.93. The molecule has 0 aliphatic rings. The van der Waals surface area contributed by atoms with Crippen LogP contribution in [-0.4, -0.2) is 21.1 Å². The Morgan fingerprint density at radius 1 is 1.33 bits per heavy atom. The molecule has 120 valence electrons. The molecule has 4 aromatic rings. The van der Waals surface area contributed by atoms with E-state index in [4.69, 9.17) is 9.26 Å². The lowest BCUT2D eigenvalue weighted by Gasteiger charge is -2.02. The number of para-hydroxylation sites is 1. The molecule has 3 heterocycles. The summed E-state index contributed by atoms with van der Waals surface area (Å²) in [7, 11) is 0. The third kappa shape index (κ3) is 2.59. The SMILES string of the molecule is Cc1[nH]c2ccccc2c1C(=O)OCc1nc(-c2ccsc2)no1. The van der Waals surface area contributed by atoms with Crippen LogP contribution in [0.4, 0.5) is 0 Å². The maximum atomic E-state index is 12.4. The summed E-state index contributed by atoms with van der Waals surface area (Å²) in [6.45, 7) is 1.78. The second-order valence-electron chi connectivity index (χ2n) is 5.27. The Morgan fingerprint density at radius 2 is 2.21 bits per heavy atom. The van der Waals surface area contributed by atoms with Crippen LogP contribution >= 0.6 is 11.3 Å². The van der Waals surface area contributed by atoms with Gasteiger partial charge in [-0.25, -0.2) is 4.79 Å². The summed E-state index contributed by atoms with van der Waals surface area (Å²) in [5.74, 6) is 0.341. The fourth-order valence-electron chi connectivity index (χ4n) is 2.56. The van der Waals surface area contributed by atoms with Crippen LogP contribution in [0.3, 0.4) is 0 Å². The fraction of sp³-hybridized carbons (Fsp3) is 0.118. The number of aromatic nitrogens is 3. The van der Waals surface area contributed by atoms with Gasteiger partial charge in [0.15, 0.2) is 6.61 Å². The summed E-state index contributed by atoms with van der Waals surface area (Å²) in [5.41, 5.74) is 3.09. The summed E-state index contributed by atoms with van der Waals surface area (Å²) >= 11 is 1.55. The number of hydrogen-bond acceptors (Lipinski definition) is 6. The lowest BCUT2D eigenvalue weighted by atomic mass is 10.1. The van der Waals surface area contributed by atoms with Crippen molar-refractivity contribution in [2.45, 2.75) is 13.5 Å². The molecular formula is C17H13N3O3S. The predicted octanol–water partition coefficient (Wildman–Crippen LogP) is 3.94. The summed E-state index contributed by atoms with van der Waals surface area (Å²) in [6.07, 6.45) is 0. The first kappa shape index (κ1) is 14.6. The van der Waals surface area contributed by atoms with E-state index >= 15 is 0 Å². The van der Waals surface area contributed by atoms with E-state index in [1.54, 1.807) is 11.3 Å². The quantitative estimate of drug-likeness (QED) is 0.569. The minimum atomic E-state index is -0.416. The zero-order chi connectivity index (χ0) is 16.5. The normalized spacial score (nSPS) is 11.0. The molecule has 0 amide bonds. The van der Waals surface area contributed by atoms with Crippen LogP contribution in [0.25, 0.3) is 22.3 Å². The number of ether oxygens (including phenoxy) is 1. The largest absolute Gasteiger partial charge is 0.452 e. The highest BCUT2D eigenvalue weighted by molar-refractivity contribution is 7.08. The number of nitrogens with one attached hydrogen (secondary N) is 1. The Labute approximate surface area is 141 Å². The molecule has 0 atom stereocenters. The Kier molecular flexibility index (Phi) is 3.62. The third-order valence-electron chi connectivity index (χ3n) is 3.67. The number of carbonyl (C=O) groups excluding carboxylic acids is 1. The van der Waals surface area contributed by atoms with Gasteiger partial charge in [-0.15, -0.1) is 0 Å². The van der Waals surface area contributed by atoms with Gasteiger partial charge in [-0.05, 0) is 24.4 Å². The Morgan fingerprint density at radius 3 is 3.04 bits per heavy atom. The van der Waals surface area contributed by atoms with Crippen LogP contribution in [0.5, 0.6) is 0 Å². The summed E-state index contributed by atoms with van der Waals surface area (Å²) in [4.78, 5) is 19.8. The zero-order valence-electron chi connectivity index (χ0n) is 12.8. The van der Waals surface area contributed by atoms with Crippen molar-refractivity contribution in [3.8, 4) is 11.4 Å². The monoisotopic (exact) mass is 339 g/mol. The molecule has 0 aliphatic heterocycles. The first-order valence-electron chi connectivity index (χ1n) is 7.32. The molecule has 24 heavy (non-hydrogen) atoms. The summed E-state index contributed by atoms with van der Waals surface area (Å²) in [6, 6.07) is 9.51. The van der Waals surface area contributed by atoms with Gasteiger partial charge >= 0.3 is 5.97 Å². The molecule has 0 radical (unpaired) electrons. The van der Waals surface area contributed by atoms with Gasteiger partial charge < -0.3 is 14.2 Å². The molecule has 1 aromatic carbocycles.